The van der Waals surface area contributed by atoms with Gasteiger partial charge in [0, 0.05) is 18.3 Å². The summed E-state index contributed by atoms with van der Waals surface area (Å²) in [5, 5.41) is 11.4. The van der Waals surface area contributed by atoms with Crippen molar-refractivity contribution in [1.82, 2.24) is 29.4 Å². The predicted molar refractivity (Wildman–Crippen MR) is 103 cm³/mol. The van der Waals surface area contributed by atoms with E-state index < -0.39 is 0 Å². The molecule has 0 radical (unpaired) electrons. The summed E-state index contributed by atoms with van der Waals surface area (Å²) >= 11 is 0. The first kappa shape index (κ1) is 17.7. The molecule has 0 aliphatic rings. The lowest BCUT2D eigenvalue weighted by molar-refractivity contribution is 0.101. The predicted octanol–water partition coefficient (Wildman–Crippen LogP) is 2.58. The number of nitrogens with one attached hydrogen (secondary N) is 1. The normalized spacial score (nSPS) is 11.0. The van der Waals surface area contributed by atoms with E-state index in [2.05, 4.69) is 25.5 Å². The molecular formula is C19H19N7O2. The third-order valence-electron chi connectivity index (χ3n) is 4.29. The Bertz CT molecular complexity index is 1150. The fourth-order valence-corrected chi connectivity index (χ4v) is 2.96. The molecule has 4 aromatic rings. The van der Waals surface area contributed by atoms with Crippen LogP contribution in [-0.4, -0.2) is 42.4 Å². The molecule has 0 aliphatic heterocycles. The molecule has 3 aromatic heterocycles. The average Bonchev–Trinajstić information content (AvgIpc) is 3.30. The lowest BCUT2D eigenvalue weighted by Gasteiger charge is -2.05. The fourth-order valence-electron chi connectivity index (χ4n) is 2.96. The molecule has 3 heterocycles. The summed E-state index contributed by atoms with van der Waals surface area (Å²) in [5.41, 5.74) is 2.96. The van der Waals surface area contributed by atoms with Crippen LogP contribution < -0.4 is 10.1 Å². The van der Waals surface area contributed by atoms with Gasteiger partial charge in [0.25, 0.3) is 17.6 Å². The van der Waals surface area contributed by atoms with E-state index in [1.54, 1.807) is 28.6 Å². The monoisotopic (exact) mass is 377 g/mol. The highest BCUT2D eigenvalue weighted by atomic mass is 16.5. The number of ether oxygens (including phenoxy) is 1. The van der Waals surface area contributed by atoms with Crippen LogP contribution in [0.3, 0.4) is 0 Å². The molecular weight excluding hydrogens is 358 g/mol. The van der Waals surface area contributed by atoms with Gasteiger partial charge in [-0.1, -0.05) is 0 Å². The molecule has 0 fully saturated rings. The van der Waals surface area contributed by atoms with E-state index in [0.717, 1.165) is 22.7 Å². The number of hydrogen-bond acceptors (Lipinski definition) is 6. The maximum Gasteiger partial charge on any atom is 0.276 e. The van der Waals surface area contributed by atoms with Gasteiger partial charge in [0.2, 0.25) is 0 Å². The largest absolute Gasteiger partial charge is 0.497 e. The van der Waals surface area contributed by atoms with E-state index in [1.807, 2.05) is 44.2 Å². The van der Waals surface area contributed by atoms with Crippen molar-refractivity contribution in [1.29, 1.82) is 0 Å². The van der Waals surface area contributed by atoms with Crippen LogP contribution in [0, 0.1) is 6.92 Å². The first-order valence-corrected chi connectivity index (χ1v) is 8.81. The number of amides is 1. The van der Waals surface area contributed by atoms with Gasteiger partial charge in [0.05, 0.1) is 18.5 Å². The number of benzene rings is 1. The summed E-state index contributed by atoms with van der Waals surface area (Å²) in [4.78, 5) is 21.2. The minimum absolute atomic E-state index is 0.181. The number of anilines is 1. The zero-order valence-corrected chi connectivity index (χ0v) is 15.7. The molecule has 0 spiro atoms. The van der Waals surface area contributed by atoms with Crippen LogP contribution in [0.4, 0.5) is 5.95 Å². The number of aryl methyl sites for hydroxylation is 2. The Morgan fingerprint density at radius 3 is 2.68 bits per heavy atom. The summed E-state index contributed by atoms with van der Waals surface area (Å²) in [5.74, 6) is 1.02. The van der Waals surface area contributed by atoms with Gasteiger partial charge in [-0.3, -0.25) is 14.8 Å². The van der Waals surface area contributed by atoms with Crippen molar-refractivity contribution in [2.45, 2.75) is 20.4 Å². The molecule has 0 unspecified atom stereocenters. The average molecular weight is 377 g/mol. The van der Waals surface area contributed by atoms with Gasteiger partial charge in [0.1, 0.15) is 11.4 Å². The second-order valence-corrected chi connectivity index (χ2v) is 6.15. The van der Waals surface area contributed by atoms with Crippen molar-refractivity contribution in [3.63, 3.8) is 0 Å². The number of fused-ring (bicyclic) bond motifs is 1. The van der Waals surface area contributed by atoms with E-state index in [-0.39, 0.29) is 11.9 Å². The zero-order chi connectivity index (χ0) is 19.7. The molecule has 28 heavy (non-hydrogen) atoms. The molecule has 0 saturated carbocycles. The highest BCUT2D eigenvalue weighted by molar-refractivity contribution is 6.02. The van der Waals surface area contributed by atoms with Crippen molar-refractivity contribution in [3.05, 3.63) is 54.0 Å². The number of aromatic nitrogens is 6. The van der Waals surface area contributed by atoms with Crippen molar-refractivity contribution in [2.75, 3.05) is 12.4 Å². The standard InChI is InChI=1S/C19H19N7O2/c1-4-25-16(11-12(2)23-25)17(27)21-18-22-19-20-10-9-15(26(19)24-18)13-5-7-14(28-3)8-6-13/h5-11H,4H2,1-3H3,(H,21,24,27). The molecule has 9 heteroatoms. The van der Waals surface area contributed by atoms with Crippen molar-refractivity contribution in [2.24, 2.45) is 0 Å². The molecule has 0 aliphatic carbocycles. The van der Waals surface area contributed by atoms with E-state index in [4.69, 9.17) is 4.74 Å². The molecule has 142 valence electrons. The van der Waals surface area contributed by atoms with Crippen LogP contribution in [0.2, 0.25) is 0 Å². The maximum atomic E-state index is 12.6. The molecule has 1 amide bonds. The van der Waals surface area contributed by atoms with Gasteiger partial charge in [-0.15, -0.1) is 5.10 Å². The van der Waals surface area contributed by atoms with E-state index in [9.17, 15) is 4.79 Å². The van der Waals surface area contributed by atoms with Gasteiger partial charge in [-0.05, 0) is 50.2 Å². The second-order valence-electron chi connectivity index (χ2n) is 6.15. The van der Waals surface area contributed by atoms with Gasteiger partial charge in [-0.2, -0.15) is 14.6 Å². The zero-order valence-electron chi connectivity index (χ0n) is 15.7. The van der Waals surface area contributed by atoms with Gasteiger partial charge in [0.15, 0.2) is 0 Å². The van der Waals surface area contributed by atoms with E-state index >= 15 is 0 Å². The number of methoxy groups -OCH3 is 1. The Morgan fingerprint density at radius 1 is 1.18 bits per heavy atom. The highest BCUT2D eigenvalue weighted by Crippen LogP contribution is 2.22. The molecule has 1 aromatic carbocycles. The van der Waals surface area contributed by atoms with Crippen molar-refractivity contribution in [3.8, 4) is 17.0 Å². The quantitative estimate of drug-likeness (QED) is 0.574. The van der Waals surface area contributed by atoms with Gasteiger partial charge >= 0.3 is 0 Å². The molecule has 0 atom stereocenters. The van der Waals surface area contributed by atoms with E-state index in [1.165, 1.54) is 0 Å². The van der Waals surface area contributed by atoms with Crippen LogP contribution in [0.1, 0.15) is 23.1 Å². The first-order valence-electron chi connectivity index (χ1n) is 8.81. The second kappa shape index (κ2) is 7.10. The van der Waals surface area contributed by atoms with Gasteiger partial charge in [-0.25, -0.2) is 4.98 Å². The summed E-state index contributed by atoms with van der Waals surface area (Å²) in [6.07, 6.45) is 1.66. The Balaban J connectivity index is 1.67. The lowest BCUT2D eigenvalue weighted by atomic mass is 10.1. The topological polar surface area (TPSA) is 99.2 Å². The Kier molecular flexibility index (Phi) is 4.48. The number of carbonyl (C=O) groups excluding carboxylic acids is 1. The van der Waals surface area contributed by atoms with Gasteiger partial charge < -0.3 is 4.74 Å². The number of carbonyl (C=O) groups is 1. The SMILES string of the molecule is CCn1nc(C)cc1C(=O)Nc1nc2nccc(-c3ccc(OC)cc3)n2n1. The molecule has 1 N–H and O–H groups in total. The van der Waals surface area contributed by atoms with E-state index in [0.29, 0.717) is 18.0 Å². The van der Waals surface area contributed by atoms with Crippen LogP contribution >= 0.6 is 0 Å². The number of nitrogens with zero attached hydrogens (tertiary/aromatic N) is 6. The number of rotatable bonds is 5. The molecule has 0 bridgehead atoms. The first-order chi connectivity index (χ1) is 13.6. The minimum Gasteiger partial charge on any atom is -0.497 e. The Hall–Kier alpha value is -3.75. The van der Waals surface area contributed by atoms with Crippen LogP contribution in [0.15, 0.2) is 42.6 Å². The summed E-state index contributed by atoms with van der Waals surface area (Å²) in [6, 6.07) is 11.2. The van der Waals surface area contributed by atoms with Crippen LogP contribution in [0.25, 0.3) is 17.0 Å². The molecule has 9 nitrogen and oxygen atoms in total. The molecule has 4 rings (SSSR count). The van der Waals surface area contributed by atoms with Crippen molar-refractivity contribution < 1.29 is 9.53 Å². The summed E-state index contributed by atoms with van der Waals surface area (Å²) < 4.78 is 8.44. The highest BCUT2D eigenvalue weighted by Gasteiger charge is 2.17. The third kappa shape index (κ3) is 3.18. The number of hydrogen-bond donors (Lipinski definition) is 1. The summed E-state index contributed by atoms with van der Waals surface area (Å²) in [7, 11) is 1.62. The maximum absolute atomic E-state index is 12.6. The summed E-state index contributed by atoms with van der Waals surface area (Å²) in [6.45, 7) is 4.37. The Labute approximate surface area is 161 Å². The lowest BCUT2D eigenvalue weighted by Crippen LogP contribution is -2.18. The fraction of sp³-hybridized carbons (Fsp3) is 0.211. The van der Waals surface area contributed by atoms with Crippen molar-refractivity contribution >= 4 is 17.6 Å². The third-order valence-corrected chi connectivity index (χ3v) is 4.29. The Morgan fingerprint density at radius 2 is 1.96 bits per heavy atom. The molecule has 0 saturated heterocycles. The van der Waals surface area contributed by atoms with Crippen LogP contribution in [0.5, 0.6) is 5.75 Å². The smallest absolute Gasteiger partial charge is 0.276 e. The van der Waals surface area contributed by atoms with Crippen LogP contribution in [-0.2, 0) is 6.54 Å². The minimum atomic E-state index is -0.315.